The largest absolute Gasteiger partial charge is 0.444 e. The summed E-state index contributed by atoms with van der Waals surface area (Å²) < 4.78 is 5.24. The number of hydrogen-bond acceptors (Lipinski definition) is 3. The van der Waals surface area contributed by atoms with Crippen LogP contribution < -0.4 is 5.32 Å². The molecule has 0 heterocycles. The average Bonchev–Trinajstić information content (AvgIpc) is 2.55. The van der Waals surface area contributed by atoms with Crippen molar-refractivity contribution in [3.63, 3.8) is 0 Å². The highest BCUT2D eigenvalue weighted by atomic mass is 16.6. The highest BCUT2D eigenvalue weighted by Gasteiger charge is 2.32. The SMILES string of the molecule is CC(C)(C)OC(=O)NCCC(=O)N(C1CCCCC1)C1CCCCC1. The van der Waals surface area contributed by atoms with Gasteiger partial charge in [-0.1, -0.05) is 38.5 Å². The van der Waals surface area contributed by atoms with Gasteiger partial charge in [0.2, 0.25) is 5.91 Å². The summed E-state index contributed by atoms with van der Waals surface area (Å²) in [7, 11) is 0. The Balaban J connectivity index is 1.87. The van der Waals surface area contributed by atoms with Crippen molar-refractivity contribution in [2.45, 2.75) is 109 Å². The lowest BCUT2D eigenvalue weighted by molar-refractivity contribution is -0.137. The summed E-state index contributed by atoms with van der Waals surface area (Å²) in [5, 5.41) is 2.72. The van der Waals surface area contributed by atoms with Gasteiger partial charge in [-0.25, -0.2) is 4.79 Å². The Labute approximate surface area is 152 Å². The molecule has 0 bridgehead atoms. The molecule has 5 heteroatoms. The quantitative estimate of drug-likeness (QED) is 0.798. The van der Waals surface area contributed by atoms with E-state index < -0.39 is 11.7 Å². The Morgan fingerprint density at radius 2 is 1.40 bits per heavy atom. The lowest BCUT2D eigenvalue weighted by Crippen LogP contribution is -2.49. The van der Waals surface area contributed by atoms with Gasteiger partial charge in [0.15, 0.2) is 0 Å². The molecule has 0 aromatic carbocycles. The van der Waals surface area contributed by atoms with Gasteiger partial charge in [-0.15, -0.1) is 0 Å². The number of alkyl carbamates (subject to hydrolysis) is 1. The zero-order valence-electron chi connectivity index (χ0n) is 16.3. The monoisotopic (exact) mass is 352 g/mol. The van der Waals surface area contributed by atoms with Gasteiger partial charge in [0.25, 0.3) is 0 Å². The summed E-state index contributed by atoms with van der Waals surface area (Å²) in [5.41, 5.74) is -0.510. The molecule has 0 aliphatic heterocycles. The van der Waals surface area contributed by atoms with E-state index in [-0.39, 0.29) is 5.91 Å². The molecular formula is C20H36N2O3. The topological polar surface area (TPSA) is 58.6 Å². The van der Waals surface area contributed by atoms with Crippen molar-refractivity contribution in [1.82, 2.24) is 10.2 Å². The molecule has 2 aliphatic rings. The first kappa shape index (κ1) is 20.1. The highest BCUT2D eigenvalue weighted by molar-refractivity contribution is 5.78. The van der Waals surface area contributed by atoms with Crippen molar-refractivity contribution >= 4 is 12.0 Å². The number of nitrogens with one attached hydrogen (secondary N) is 1. The second kappa shape index (κ2) is 9.44. The van der Waals surface area contributed by atoms with Crippen molar-refractivity contribution in [3.05, 3.63) is 0 Å². The fraction of sp³-hybridized carbons (Fsp3) is 0.900. The van der Waals surface area contributed by atoms with Crippen LogP contribution in [0.5, 0.6) is 0 Å². The zero-order chi connectivity index (χ0) is 18.3. The summed E-state index contributed by atoms with van der Waals surface area (Å²) >= 11 is 0. The molecule has 1 N–H and O–H groups in total. The standard InChI is InChI=1S/C20H36N2O3/c1-20(2,3)25-19(24)21-15-14-18(23)22(16-10-6-4-7-11-16)17-12-8-5-9-13-17/h16-17H,4-15H2,1-3H3,(H,21,24). The summed E-state index contributed by atoms with van der Waals surface area (Å²) in [6.07, 6.45) is 12.0. The first-order valence-corrected chi connectivity index (χ1v) is 10.1. The van der Waals surface area contributed by atoms with E-state index in [0.29, 0.717) is 25.0 Å². The Hall–Kier alpha value is -1.26. The molecule has 0 spiro atoms. The van der Waals surface area contributed by atoms with E-state index in [1.165, 1.54) is 38.5 Å². The van der Waals surface area contributed by atoms with Crippen LogP contribution in [-0.2, 0) is 9.53 Å². The Morgan fingerprint density at radius 1 is 0.920 bits per heavy atom. The maximum Gasteiger partial charge on any atom is 0.407 e. The number of amides is 2. The number of carbonyl (C=O) groups is 2. The van der Waals surface area contributed by atoms with Crippen molar-refractivity contribution in [2.24, 2.45) is 0 Å². The Kier molecular flexibility index (Phi) is 7.57. The van der Waals surface area contributed by atoms with Gasteiger partial charge in [0.05, 0.1) is 0 Å². The van der Waals surface area contributed by atoms with Crippen LogP contribution in [-0.4, -0.2) is 41.1 Å². The molecule has 0 radical (unpaired) electrons. The van der Waals surface area contributed by atoms with Crippen LogP contribution in [0.1, 0.15) is 91.4 Å². The molecule has 2 aliphatic carbocycles. The van der Waals surface area contributed by atoms with Crippen molar-refractivity contribution in [3.8, 4) is 0 Å². The van der Waals surface area contributed by atoms with Crippen molar-refractivity contribution in [2.75, 3.05) is 6.54 Å². The van der Waals surface area contributed by atoms with E-state index >= 15 is 0 Å². The van der Waals surface area contributed by atoms with Gasteiger partial charge in [-0.05, 0) is 46.5 Å². The Bertz CT molecular complexity index is 415. The van der Waals surface area contributed by atoms with Crippen LogP contribution >= 0.6 is 0 Å². The number of nitrogens with zero attached hydrogens (tertiary/aromatic N) is 1. The minimum atomic E-state index is -0.510. The fourth-order valence-corrected chi connectivity index (χ4v) is 4.14. The maximum absolute atomic E-state index is 12.9. The van der Waals surface area contributed by atoms with E-state index in [9.17, 15) is 9.59 Å². The molecule has 2 fully saturated rings. The zero-order valence-corrected chi connectivity index (χ0v) is 16.3. The predicted octanol–water partition coefficient (Wildman–Crippen LogP) is 4.40. The molecule has 2 rings (SSSR count). The molecule has 0 unspecified atom stereocenters. The lowest BCUT2D eigenvalue weighted by Gasteiger charge is -2.42. The summed E-state index contributed by atoms with van der Waals surface area (Å²) in [4.78, 5) is 26.9. The molecule has 2 saturated carbocycles. The molecule has 0 saturated heterocycles. The number of rotatable bonds is 5. The van der Waals surface area contributed by atoms with E-state index in [0.717, 1.165) is 25.7 Å². The number of carbonyl (C=O) groups excluding carboxylic acids is 2. The first-order chi connectivity index (χ1) is 11.9. The van der Waals surface area contributed by atoms with Crippen LogP contribution in [0.4, 0.5) is 4.79 Å². The maximum atomic E-state index is 12.9. The van der Waals surface area contributed by atoms with Gasteiger partial charge in [0, 0.05) is 25.0 Å². The van der Waals surface area contributed by atoms with E-state index in [1.54, 1.807) is 0 Å². The average molecular weight is 353 g/mol. The number of ether oxygens (including phenoxy) is 1. The second-order valence-electron chi connectivity index (χ2n) is 8.56. The molecule has 144 valence electrons. The Morgan fingerprint density at radius 3 is 1.84 bits per heavy atom. The summed E-state index contributed by atoms with van der Waals surface area (Å²) in [6, 6.07) is 0.816. The van der Waals surface area contributed by atoms with Crippen molar-refractivity contribution in [1.29, 1.82) is 0 Å². The van der Waals surface area contributed by atoms with Crippen LogP contribution in [0, 0.1) is 0 Å². The summed E-state index contributed by atoms with van der Waals surface area (Å²) in [5.74, 6) is 0.204. The van der Waals surface area contributed by atoms with Crippen LogP contribution in [0.15, 0.2) is 0 Å². The van der Waals surface area contributed by atoms with Gasteiger partial charge in [0.1, 0.15) is 5.60 Å². The van der Waals surface area contributed by atoms with Gasteiger partial charge in [-0.3, -0.25) is 4.79 Å². The minimum Gasteiger partial charge on any atom is -0.444 e. The van der Waals surface area contributed by atoms with E-state index in [4.69, 9.17) is 4.74 Å². The fourth-order valence-electron chi connectivity index (χ4n) is 4.14. The van der Waals surface area contributed by atoms with Crippen molar-refractivity contribution < 1.29 is 14.3 Å². The van der Waals surface area contributed by atoms with Crippen LogP contribution in [0.25, 0.3) is 0 Å². The third-order valence-electron chi connectivity index (χ3n) is 5.23. The minimum absolute atomic E-state index is 0.204. The molecular weight excluding hydrogens is 316 g/mol. The third kappa shape index (κ3) is 6.87. The van der Waals surface area contributed by atoms with Crippen LogP contribution in [0.2, 0.25) is 0 Å². The molecule has 0 aromatic heterocycles. The number of hydrogen-bond donors (Lipinski definition) is 1. The van der Waals surface area contributed by atoms with Gasteiger partial charge in [-0.2, -0.15) is 0 Å². The molecule has 25 heavy (non-hydrogen) atoms. The third-order valence-corrected chi connectivity index (χ3v) is 5.23. The highest BCUT2D eigenvalue weighted by Crippen LogP contribution is 2.30. The smallest absolute Gasteiger partial charge is 0.407 e. The summed E-state index contributed by atoms with van der Waals surface area (Å²) in [6.45, 7) is 5.87. The van der Waals surface area contributed by atoms with Gasteiger partial charge < -0.3 is 15.0 Å². The molecule has 0 aromatic rings. The van der Waals surface area contributed by atoms with E-state index in [2.05, 4.69) is 10.2 Å². The van der Waals surface area contributed by atoms with Crippen LogP contribution in [0.3, 0.4) is 0 Å². The second-order valence-corrected chi connectivity index (χ2v) is 8.56. The predicted molar refractivity (Wildman–Crippen MR) is 99.4 cm³/mol. The first-order valence-electron chi connectivity index (χ1n) is 10.1. The lowest BCUT2D eigenvalue weighted by atomic mass is 9.88. The molecule has 0 atom stereocenters. The molecule has 2 amide bonds. The normalized spacial score (nSPS) is 20.1. The van der Waals surface area contributed by atoms with Gasteiger partial charge >= 0.3 is 6.09 Å². The van der Waals surface area contributed by atoms with E-state index in [1.807, 2.05) is 20.8 Å². The molecule has 5 nitrogen and oxygen atoms in total.